The van der Waals surface area contributed by atoms with Gasteiger partial charge in [0.05, 0.1) is 0 Å². The number of nitrogen functional groups attached to an aromatic ring is 1. The molecule has 0 spiro atoms. The van der Waals surface area contributed by atoms with Gasteiger partial charge in [-0.2, -0.15) is 5.26 Å². The Bertz CT molecular complexity index is 686. The van der Waals surface area contributed by atoms with Crippen LogP contribution in [-0.4, -0.2) is 4.98 Å². The molecule has 0 unspecified atom stereocenters. The predicted octanol–water partition coefficient (Wildman–Crippen LogP) is 2.14. The maximum absolute atomic E-state index is 9.45. The van der Waals surface area contributed by atoms with Crippen molar-refractivity contribution in [1.29, 1.82) is 5.26 Å². The molecule has 2 heterocycles. The molecule has 0 radical (unpaired) electrons. The van der Waals surface area contributed by atoms with Crippen molar-refractivity contribution in [3.8, 4) is 17.2 Å². The van der Waals surface area contributed by atoms with Crippen LogP contribution in [0.15, 0.2) is 24.5 Å². The minimum Gasteiger partial charge on any atom is -0.383 e. The molecule has 3 N–H and O–H groups in total. The average molecular weight is 265 g/mol. The molecule has 1 atom stereocenters. The summed E-state index contributed by atoms with van der Waals surface area (Å²) in [4.78, 5) is 7.47. The number of aromatic amines is 1. The summed E-state index contributed by atoms with van der Waals surface area (Å²) in [6.07, 6.45) is 6.77. The van der Waals surface area contributed by atoms with Gasteiger partial charge in [0, 0.05) is 23.4 Å². The molecule has 1 aliphatic rings. The number of aromatic nitrogens is 2. The Kier molecular flexibility index (Phi) is 3.11. The SMILES string of the molecule is C[C@H]1CCc2nc(N)c(C#N)c(-c3cc[nH+]cc3)c2C1. The Balaban J connectivity index is 2.30. The van der Waals surface area contributed by atoms with E-state index in [-0.39, 0.29) is 0 Å². The fraction of sp³-hybridized carbons (Fsp3) is 0.312. The number of nitrogens with zero attached hydrogens (tertiary/aromatic N) is 2. The van der Waals surface area contributed by atoms with E-state index in [0.29, 0.717) is 17.3 Å². The van der Waals surface area contributed by atoms with Crippen molar-refractivity contribution in [3.63, 3.8) is 0 Å². The Morgan fingerprint density at radius 2 is 2.15 bits per heavy atom. The number of pyridine rings is 2. The van der Waals surface area contributed by atoms with Gasteiger partial charge in [-0.3, -0.25) is 0 Å². The minimum absolute atomic E-state index is 0.351. The lowest BCUT2D eigenvalue weighted by molar-refractivity contribution is -0.377. The highest BCUT2D eigenvalue weighted by atomic mass is 14.9. The molecular formula is C16H17N4+. The Hall–Kier alpha value is -2.41. The fourth-order valence-corrected chi connectivity index (χ4v) is 2.94. The van der Waals surface area contributed by atoms with Crippen molar-refractivity contribution < 1.29 is 4.98 Å². The molecule has 0 fully saturated rings. The lowest BCUT2D eigenvalue weighted by Gasteiger charge is -2.24. The maximum atomic E-state index is 9.45. The van der Waals surface area contributed by atoms with Crippen LogP contribution in [0.1, 0.15) is 30.2 Å². The fourth-order valence-electron chi connectivity index (χ4n) is 2.94. The summed E-state index contributed by atoms with van der Waals surface area (Å²) in [6, 6.07) is 6.19. The molecule has 0 bridgehead atoms. The molecule has 0 saturated carbocycles. The third kappa shape index (κ3) is 2.01. The topological polar surface area (TPSA) is 76.8 Å². The molecule has 0 saturated heterocycles. The van der Waals surface area contributed by atoms with E-state index < -0.39 is 0 Å². The van der Waals surface area contributed by atoms with Crippen LogP contribution in [0.25, 0.3) is 11.1 Å². The van der Waals surface area contributed by atoms with Gasteiger partial charge >= 0.3 is 0 Å². The second-order valence-corrected chi connectivity index (χ2v) is 5.42. The maximum Gasteiger partial charge on any atom is 0.167 e. The highest BCUT2D eigenvalue weighted by Gasteiger charge is 2.24. The van der Waals surface area contributed by atoms with Crippen molar-refractivity contribution in [2.75, 3.05) is 5.73 Å². The number of fused-ring (bicyclic) bond motifs is 1. The quantitative estimate of drug-likeness (QED) is 0.858. The molecule has 2 aromatic rings. The van der Waals surface area contributed by atoms with Crippen LogP contribution in [0, 0.1) is 17.2 Å². The normalized spacial score (nSPS) is 17.3. The number of rotatable bonds is 1. The van der Waals surface area contributed by atoms with Crippen LogP contribution in [0.2, 0.25) is 0 Å². The van der Waals surface area contributed by atoms with Crippen LogP contribution < -0.4 is 10.7 Å². The molecular weight excluding hydrogens is 248 g/mol. The van der Waals surface area contributed by atoms with Crippen molar-refractivity contribution in [1.82, 2.24) is 4.98 Å². The Morgan fingerprint density at radius 1 is 1.40 bits per heavy atom. The van der Waals surface area contributed by atoms with Crippen molar-refractivity contribution in [2.45, 2.75) is 26.2 Å². The first-order valence-corrected chi connectivity index (χ1v) is 6.88. The number of hydrogen-bond donors (Lipinski definition) is 1. The number of hydrogen-bond acceptors (Lipinski definition) is 3. The van der Waals surface area contributed by atoms with Gasteiger partial charge in [0.2, 0.25) is 0 Å². The first-order chi connectivity index (χ1) is 9.70. The largest absolute Gasteiger partial charge is 0.383 e. The number of nitrogens with two attached hydrogens (primary N) is 1. The number of nitrogens with one attached hydrogen (secondary N) is 1. The summed E-state index contributed by atoms with van der Waals surface area (Å²) in [6.45, 7) is 2.24. The zero-order valence-electron chi connectivity index (χ0n) is 11.5. The van der Waals surface area contributed by atoms with Crippen molar-refractivity contribution in [3.05, 3.63) is 41.3 Å². The first kappa shape index (κ1) is 12.6. The van der Waals surface area contributed by atoms with Crippen LogP contribution >= 0.6 is 0 Å². The van der Waals surface area contributed by atoms with Gasteiger partial charge in [-0.1, -0.05) is 6.92 Å². The summed E-state index contributed by atoms with van der Waals surface area (Å²) in [5, 5.41) is 9.45. The molecule has 4 nitrogen and oxygen atoms in total. The molecule has 4 heteroatoms. The highest BCUT2D eigenvalue weighted by molar-refractivity contribution is 5.79. The van der Waals surface area contributed by atoms with Gasteiger partial charge in [0.1, 0.15) is 17.5 Å². The van der Waals surface area contributed by atoms with Gasteiger partial charge in [-0.15, -0.1) is 0 Å². The van der Waals surface area contributed by atoms with E-state index in [4.69, 9.17) is 5.73 Å². The highest BCUT2D eigenvalue weighted by Crippen LogP contribution is 2.36. The van der Waals surface area contributed by atoms with Crippen molar-refractivity contribution in [2.24, 2.45) is 5.92 Å². The second kappa shape index (κ2) is 4.93. The molecule has 20 heavy (non-hydrogen) atoms. The summed E-state index contributed by atoms with van der Waals surface area (Å²) in [5.74, 6) is 0.970. The molecule has 0 amide bonds. The van der Waals surface area contributed by atoms with Gasteiger partial charge in [0.15, 0.2) is 12.4 Å². The van der Waals surface area contributed by atoms with E-state index in [1.807, 2.05) is 24.5 Å². The monoisotopic (exact) mass is 265 g/mol. The van der Waals surface area contributed by atoms with Crippen molar-refractivity contribution >= 4 is 5.82 Å². The Labute approximate surface area is 118 Å². The van der Waals surface area contributed by atoms with Gasteiger partial charge in [0.25, 0.3) is 0 Å². The lowest BCUT2D eigenvalue weighted by atomic mass is 9.82. The van der Waals surface area contributed by atoms with E-state index in [2.05, 4.69) is 23.0 Å². The second-order valence-electron chi connectivity index (χ2n) is 5.42. The minimum atomic E-state index is 0.351. The summed E-state index contributed by atoms with van der Waals surface area (Å²) < 4.78 is 0. The van der Waals surface area contributed by atoms with Crippen LogP contribution in [0.4, 0.5) is 5.82 Å². The predicted molar refractivity (Wildman–Crippen MR) is 76.5 cm³/mol. The number of aryl methyl sites for hydroxylation is 1. The van der Waals surface area contributed by atoms with E-state index in [1.165, 1.54) is 5.56 Å². The Morgan fingerprint density at radius 3 is 2.85 bits per heavy atom. The van der Waals surface area contributed by atoms with Crippen LogP contribution in [0.5, 0.6) is 0 Å². The molecule has 1 aliphatic carbocycles. The molecule has 0 aromatic carbocycles. The zero-order chi connectivity index (χ0) is 14.1. The molecule has 100 valence electrons. The number of anilines is 1. The standard InChI is InChI=1S/C16H16N4/c1-10-2-3-14-12(8-10)15(11-4-6-19-7-5-11)13(9-17)16(18)20-14/h4-7,10H,2-3,8H2,1H3,(H2,18,20)/p+1/t10-/m0/s1. The third-order valence-electron chi connectivity index (χ3n) is 3.96. The summed E-state index contributed by atoms with van der Waals surface area (Å²) in [7, 11) is 0. The molecule has 3 rings (SSSR count). The molecule has 2 aromatic heterocycles. The average Bonchev–Trinajstić information content (AvgIpc) is 2.47. The summed E-state index contributed by atoms with van der Waals surface area (Å²) >= 11 is 0. The lowest BCUT2D eigenvalue weighted by Crippen LogP contribution is -2.17. The number of nitriles is 1. The van der Waals surface area contributed by atoms with Gasteiger partial charge in [-0.05, 0) is 36.3 Å². The molecule has 0 aliphatic heterocycles. The van der Waals surface area contributed by atoms with E-state index >= 15 is 0 Å². The van der Waals surface area contributed by atoms with E-state index in [1.54, 1.807) is 0 Å². The first-order valence-electron chi connectivity index (χ1n) is 6.88. The van der Waals surface area contributed by atoms with Gasteiger partial charge in [-0.25, -0.2) is 9.97 Å². The zero-order valence-corrected chi connectivity index (χ0v) is 11.5. The number of H-pyrrole nitrogens is 1. The summed E-state index contributed by atoms with van der Waals surface area (Å²) in [5.41, 5.74) is 10.7. The van der Waals surface area contributed by atoms with E-state index in [9.17, 15) is 5.26 Å². The van der Waals surface area contributed by atoms with E-state index in [0.717, 1.165) is 36.1 Å². The third-order valence-corrected chi connectivity index (χ3v) is 3.96. The van der Waals surface area contributed by atoms with Gasteiger partial charge < -0.3 is 5.73 Å². The van der Waals surface area contributed by atoms with Crippen LogP contribution in [0.3, 0.4) is 0 Å². The smallest absolute Gasteiger partial charge is 0.167 e. The van der Waals surface area contributed by atoms with Crippen LogP contribution in [-0.2, 0) is 12.8 Å².